The van der Waals surface area contributed by atoms with Crippen LogP contribution in [-0.4, -0.2) is 87.8 Å². The number of anilines is 2. The standard InChI is InChI=1S/C43H47ClN8O6S/c1-29(34-7-4-5-8-35(34)30-11-13-31(44)14-12-30)45-21-22-46-32-15-17-37(42(27-32)58-41-10-6-9-38-36(41)19-20-47-38)43(53)49-59(56,57)33-16-18-39(40(28-33)52(3,54)55)48-51-25-23-50(2)24-26-51/h4-20,27-29,45-48,54H,21-26H2,1-3H3,(H,49,53). The van der Waals surface area contributed by atoms with E-state index in [-0.39, 0.29) is 33.6 Å². The second kappa shape index (κ2) is 17.8. The first kappa shape index (κ1) is 41.7. The second-order valence-electron chi connectivity index (χ2n) is 14.6. The zero-order valence-corrected chi connectivity index (χ0v) is 34.5. The van der Waals surface area contributed by atoms with Crippen LogP contribution in [0.3, 0.4) is 0 Å². The molecule has 6 N–H and O–H groups in total. The van der Waals surface area contributed by atoms with Gasteiger partial charge in [0.2, 0.25) is 0 Å². The van der Waals surface area contributed by atoms with E-state index >= 15 is 0 Å². The molecule has 7 rings (SSSR count). The Hall–Kier alpha value is -5.49. The van der Waals surface area contributed by atoms with Crippen LogP contribution in [0.2, 0.25) is 5.02 Å². The summed E-state index contributed by atoms with van der Waals surface area (Å²) in [4.78, 5) is 16.9. The summed E-state index contributed by atoms with van der Waals surface area (Å²) in [7, 11) is -1.56. The fraction of sp³-hybridized carbons (Fsp3) is 0.233. The molecule has 308 valence electrons. The Morgan fingerprint density at radius 1 is 0.932 bits per heavy atom. The number of fused-ring (bicyclic) bond motifs is 1. The summed E-state index contributed by atoms with van der Waals surface area (Å²) in [5.74, 6) is -0.385. The molecule has 59 heavy (non-hydrogen) atoms. The van der Waals surface area contributed by atoms with Gasteiger partial charge in [-0.05, 0) is 85.3 Å². The topological polar surface area (TPSA) is 174 Å². The van der Waals surface area contributed by atoms with E-state index in [4.69, 9.17) is 16.3 Å². The Kier molecular flexibility index (Phi) is 12.6. The van der Waals surface area contributed by atoms with Crippen LogP contribution in [0.5, 0.6) is 11.5 Å². The van der Waals surface area contributed by atoms with E-state index in [0.717, 1.165) is 53.8 Å². The molecule has 2 unspecified atom stereocenters. The Morgan fingerprint density at radius 2 is 1.69 bits per heavy atom. The van der Waals surface area contributed by atoms with Crippen molar-refractivity contribution in [2.45, 2.75) is 17.9 Å². The number of nitrogens with zero attached hydrogens (tertiary/aromatic N) is 3. The molecule has 0 aliphatic carbocycles. The number of hydrogen-bond acceptors (Lipinski definition) is 11. The SMILES string of the molecule is CC(NCCNc1ccc(C(=O)NS(=O)(=O)c2ccc(NN3CCN(C)CC3)c([N+](C)([O-])O)c2)c(Oc2cccc3[nH]ccc23)c1)c1ccccc1-c1ccc(Cl)cc1. The number of carbonyl (C=O) groups is 1. The average molecular weight is 839 g/mol. The lowest BCUT2D eigenvalue weighted by molar-refractivity contribution is -0.00423. The van der Waals surface area contributed by atoms with Gasteiger partial charge < -0.3 is 35.9 Å². The Morgan fingerprint density at radius 3 is 2.46 bits per heavy atom. The molecule has 16 heteroatoms. The van der Waals surface area contributed by atoms with Crippen molar-refractivity contribution in [1.29, 1.82) is 0 Å². The van der Waals surface area contributed by atoms with Crippen LogP contribution < -0.4 is 30.3 Å². The molecule has 1 saturated heterocycles. The summed E-state index contributed by atoms with van der Waals surface area (Å²) < 4.78 is 35.9. The second-order valence-corrected chi connectivity index (χ2v) is 16.7. The highest BCUT2D eigenvalue weighted by Gasteiger charge is 2.28. The summed E-state index contributed by atoms with van der Waals surface area (Å²) in [6, 6.07) is 31.9. The largest absolute Gasteiger partial charge is 0.593 e. The number of benzene rings is 5. The van der Waals surface area contributed by atoms with Crippen LogP contribution in [0, 0.1) is 5.21 Å². The highest BCUT2D eigenvalue weighted by Crippen LogP contribution is 2.35. The minimum atomic E-state index is -4.54. The van der Waals surface area contributed by atoms with E-state index < -0.39 is 20.7 Å². The number of quaternary nitrogens is 1. The number of carbonyl (C=O) groups excluding carboxylic acids is 1. The highest BCUT2D eigenvalue weighted by atomic mass is 35.5. The van der Waals surface area contributed by atoms with Crippen molar-refractivity contribution in [2.24, 2.45) is 0 Å². The van der Waals surface area contributed by atoms with Gasteiger partial charge in [0.25, 0.3) is 15.9 Å². The van der Waals surface area contributed by atoms with Gasteiger partial charge in [0.05, 0.1) is 10.5 Å². The van der Waals surface area contributed by atoms with E-state index in [1.165, 1.54) is 18.2 Å². The molecule has 0 bridgehead atoms. The zero-order valence-electron chi connectivity index (χ0n) is 32.9. The quantitative estimate of drug-likeness (QED) is 0.0342. The van der Waals surface area contributed by atoms with Crippen LogP contribution in [0.25, 0.3) is 22.0 Å². The van der Waals surface area contributed by atoms with Crippen molar-refractivity contribution in [3.63, 3.8) is 0 Å². The highest BCUT2D eigenvalue weighted by molar-refractivity contribution is 7.90. The van der Waals surface area contributed by atoms with E-state index in [1.807, 2.05) is 66.7 Å². The first-order valence-corrected chi connectivity index (χ1v) is 21.0. The third kappa shape index (κ3) is 10.0. The molecule has 1 amide bonds. The molecule has 1 aliphatic rings. The smallest absolute Gasteiger partial charge is 0.268 e. The lowest BCUT2D eigenvalue weighted by atomic mass is 9.95. The predicted molar refractivity (Wildman–Crippen MR) is 233 cm³/mol. The van der Waals surface area contributed by atoms with Crippen molar-refractivity contribution in [1.82, 2.24) is 29.7 Å². The first-order valence-electron chi connectivity index (χ1n) is 19.2. The molecule has 5 aromatic carbocycles. The number of aromatic amines is 1. The number of hydrogen-bond donors (Lipinski definition) is 6. The minimum Gasteiger partial charge on any atom is -0.593 e. The number of H-pyrrole nitrogens is 1. The number of rotatable bonds is 15. The summed E-state index contributed by atoms with van der Waals surface area (Å²) >= 11 is 6.13. The fourth-order valence-electron chi connectivity index (χ4n) is 6.98. The number of nitrogens with one attached hydrogen (secondary N) is 5. The van der Waals surface area contributed by atoms with Gasteiger partial charge in [-0.1, -0.05) is 54.1 Å². The molecule has 0 saturated carbocycles. The number of hydroxylamine groups is 2. The lowest BCUT2D eigenvalue weighted by Crippen LogP contribution is -2.47. The molecule has 1 aliphatic heterocycles. The monoisotopic (exact) mass is 838 g/mol. The molecule has 2 heterocycles. The van der Waals surface area contributed by atoms with Gasteiger partial charge in [0, 0.05) is 85.3 Å². The van der Waals surface area contributed by atoms with Gasteiger partial charge in [-0.25, -0.2) is 23.4 Å². The number of aromatic nitrogens is 1. The molecule has 0 radical (unpaired) electrons. The lowest BCUT2D eigenvalue weighted by Gasteiger charge is -2.35. The van der Waals surface area contributed by atoms with Gasteiger partial charge in [-0.3, -0.25) is 4.79 Å². The summed E-state index contributed by atoms with van der Waals surface area (Å²) in [5.41, 5.74) is 7.86. The first-order chi connectivity index (χ1) is 28.2. The van der Waals surface area contributed by atoms with Crippen molar-refractivity contribution < 1.29 is 23.2 Å². The van der Waals surface area contributed by atoms with Crippen LogP contribution in [0.15, 0.2) is 120 Å². The van der Waals surface area contributed by atoms with Gasteiger partial charge in [-0.15, -0.1) is 0 Å². The van der Waals surface area contributed by atoms with Crippen LogP contribution in [0.1, 0.15) is 28.9 Å². The maximum absolute atomic E-state index is 13.9. The van der Waals surface area contributed by atoms with Crippen molar-refractivity contribution in [3.8, 4) is 22.6 Å². The average Bonchev–Trinajstić information content (AvgIpc) is 3.70. The van der Waals surface area contributed by atoms with Crippen LogP contribution in [0.4, 0.5) is 17.1 Å². The number of ether oxygens (including phenoxy) is 1. The molecular weight excluding hydrogens is 792 g/mol. The van der Waals surface area contributed by atoms with Crippen molar-refractivity contribution in [2.75, 3.05) is 64.1 Å². The van der Waals surface area contributed by atoms with Gasteiger partial charge in [0.15, 0.2) is 5.69 Å². The maximum Gasteiger partial charge on any atom is 0.268 e. The number of piperazine rings is 1. The third-order valence-corrected chi connectivity index (χ3v) is 11.8. The number of sulfonamides is 1. The van der Waals surface area contributed by atoms with E-state index in [0.29, 0.717) is 42.6 Å². The molecule has 1 aromatic heterocycles. The normalized spacial score (nSPS) is 15.4. The molecule has 1 fully saturated rings. The zero-order chi connectivity index (χ0) is 41.7. The van der Waals surface area contributed by atoms with Crippen LogP contribution >= 0.6 is 11.6 Å². The van der Waals surface area contributed by atoms with E-state index in [2.05, 4.69) is 49.7 Å². The number of likely N-dealkylation sites (N-methyl/N-ethyl adjacent to an activating group) is 1. The van der Waals surface area contributed by atoms with E-state index in [1.54, 1.807) is 24.4 Å². The summed E-state index contributed by atoms with van der Waals surface area (Å²) in [6.07, 6.45) is 1.77. The minimum absolute atomic E-state index is 0.0247. The molecule has 14 nitrogen and oxygen atoms in total. The van der Waals surface area contributed by atoms with Crippen LogP contribution in [-0.2, 0) is 10.0 Å². The Bertz CT molecular complexity index is 2540. The third-order valence-electron chi connectivity index (χ3n) is 10.2. The summed E-state index contributed by atoms with van der Waals surface area (Å²) in [5, 5.41) is 33.6. The Labute approximate surface area is 348 Å². The van der Waals surface area contributed by atoms with Gasteiger partial charge in [0.1, 0.15) is 24.2 Å². The van der Waals surface area contributed by atoms with Crippen molar-refractivity contribution in [3.05, 3.63) is 137 Å². The number of halogens is 1. The number of amides is 1. The Balaban J connectivity index is 1.08. The van der Waals surface area contributed by atoms with Gasteiger partial charge in [-0.2, -0.15) is 4.81 Å². The molecular formula is C43H47ClN8O6S. The number of hydrazine groups is 1. The van der Waals surface area contributed by atoms with Gasteiger partial charge >= 0.3 is 0 Å². The van der Waals surface area contributed by atoms with Crippen molar-refractivity contribution >= 4 is 55.5 Å². The molecule has 6 aromatic rings. The predicted octanol–water partition coefficient (Wildman–Crippen LogP) is 7.56. The fourth-order valence-corrected chi connectivity index (χ4v) is 8.09. The summed E-state index contributed by atoms with van der Waals surface area (Å²) in [6.45, 7) is 6.07. The molecule has 2 atom stereocenters. The maximum atomic E-state index is 13.9. The molecule has 0 spiro atoms. The van der Waals surface area contributed by atoms with E-state index in [9.17, 15) is 23.6 Å².